The molecular formula is C13H13N3O2S. The lowest BCUT2D eigenvalue weighted by Crippen LogP contribution is -2.19. The summed E-state index contributed by atoms with van der Waals surface area (Å²) < 4.78 is 0. The summed E-state index contributed by atoms with van der Waals surface area (Å²) in [5, 5.41) is 12.6. The van der Waals surface area contributed by atoms with E-state index >= 15 is 0 Å². The van der Waals surface area contributed by atoms with Crippen molar-refractivity contribution in [2.24, 2.45) is 0 Å². The number of hydrogen-bond acceptors (Lipinski definition) is 5. The Morgan fingerprint density at radius 1 is 1.32 bits per heavy atom. The molecule has 2 rings (SSSR count). The molecule has 2 N–H and O–H groups in total. The third-order valence-corrected chi connectivity index (χ3v) is 3.37. The van der Waals surface area contributed by atoms with Crippen LogP contribution < -0.4 is 5.32 Å². The van der Waals surface area contributed by atoms with Crippen LogP contribution in [0.3, 0.4) is 0 Å². The molecule has 0 unspecified atom stereocenters. The van der Waals surface area contributed by atoms with Gasteiger partial charge in [-0.2, -0.15) is 0 Å². The molecule has 98 valence electrons. The number of carbonyl (C=O) groups excluding carboxylic acids is 1. The molecule has 2 aromatic rings. The first-order valence-electron chi connectivity index (χ1n) is 5.58. The average Bonchev–Trinajstić information content (AvgIpc) is 2.46. The van der Waals surface area contributed by atoms with Gasteiger partial charge in [-0.15, -0.1) is 11.8 Å². The summed E-state index contributed by atoms with van der Waals surface area (Å²) >= 11 is 1.43. The molecule has 0 aliphatic rings. The molecule has 5 nitrogen and oxygen atoms in total. The SMILES string of the molecule is CNC(=O)c1cc(-c2nccc(SC)c2O)ccn1. The van der Waals surface area contributed by atoms with E-state index in [9.17, 15) is 9.90 Å². The van der Waals surface area contributed by atoms with Crippen LogP contribution in [0.4, 0.5) is 0 Å². The lowest BCUT2D eigenvalue weighted by atomic mass is 10.1. The van der Waals surface area contributed by atoms with Gasteiger partial charge in [0.25, 0.3) is 5.91 Å². The van der Waals surface area contributed by atoms with Crippen LogP contribution in [0.15, 0.2) is 35.5 Å². The number of aromatic nitrogens is 2. The number of nitrogens with zero attached hydrogens (tertiary/aromatic N) is 2. The summed E-state index contributed by atoms with van der Waals surface area (Å²) in [6, 6.07) is 5.05. The second-order valence-corrected chi connectivity index (χ2v) is 4.57. The molecule has 2 heterocycles. The van der Waals surface area contributed by atoms with Crippen LogP contribution in [-0.2, 0) is 0 Å². The van der Waals surface area contributed by atoms with Gasteiger partial charge in [-0.05, 0) is 24.5 Å². The molecule has 6 heteroatoms. The number of pyridine rings is 2. The molecule has 1 amide bonds. The third kappa shape index (κ3) is 2.68. The van der Waals surface area contributed by atoms with E-state index in [-0.39, 0.29) is 17.4 Å². The lowest BCUT2D eigenvalue weighted by Gasteiger charge is -2.08. The molecule has 0 aliphatic heterocycles. The van der Waals surface area contributed by atoms with E-state index in [1.165, 1.54) is 18.0 Å². The average molecular weight is 275 g/mol. The first-order valence-corrected chi connectivity index (χ1v) is 6.80. The Morgan fingerprint density at radius 2 is 2.05 bits per heavy atom. The molecule has 0 spiro atoms. The Bertz CT molecular complexity index is 617. The maximum absolute atomic E-state index is 11.5. The highest BCUT2D eigenvalue weighted by molar-refractivity contribution is 7.98. The Hall–Kier alpha value is -2.08. The molecule has 0 saturated carbocycles. The summed E-state index contributed by atoms with van der Waals surface area (Å²) in [4.78, 5) is 20.4. The topological polar surface area (TPSA) is 75.1 Å². The first-order chi connectivity index (χ1) is 9.17. The van der Waals surface area contributed by atoms with Crippen LogP contribution >= 0.6 is 11.8 Å². The lowest BCUT2D eigenvalue weighted by molar-refractivity contribution is 0.0958. The highest BCUT2D eigenvalue weighted by Crippen LogP contribution is 2.34. The largest absolute Gasteiger partial charge is 0.505 e. The fourth-order valence-electron chi connectivity index (χ4n) is 1.64. The van der Waals surface area contributed by atoms with Crippen LogP contribution in [0.5, 0.6) is 5.75 Å². The zero-order chi connectivity index (χ0) is 13.8. The Labute approximate surface area is 115 Å². The number of aromatic hydroxyl groups is 1. The first kappa shape index (κ1) is 13.4. The van der Waals surface area contributed by atoms with E-state index in [4.69, 9.17) is 0 Å². The number of rotatable bonds is 3. The van der Waals surface area contributed by atoms with Gasteiger partial charge in [0, 0.05) is 25.0 Å². The van der Waals surface area contributed by atoms with Crippen LogP contribution in [0.1, 0.15) is 10.5 Å². The Kier molecular flexibility index (Phi) is 4.01. The molecule has 0 aliphatic carbocycles. The van der Waals surface area contributed by atoms with Crippen LogP contribution in [0.2, 0.25) is 0 Å². The summed E-state index contributed by atoms with van der Waals surface area (Å²) in [7, 11) is 1.54. The molecule has 19 heavy (non-hydrogen) atoms. The van der Waals surface area contributed by atoms with Crippen LogP contribution in [-0.4, -0.2) is 34.3 Å². The zero-order valence-corrected chi connectivity index (χ0v) is 11.4. The van der Waals surface area contributed by atoms with Gasteiger partial charge in [0.15, 0.2) is 5.75 Å². The van der Waals surface area contributed by atoms with Gasteiger partial charge in [-0.1, -0.05) is 0 Å². The third-order valence-electron chi connectivity index (χ3n) is 2.60. The van der Waals surface area contributed by atoms with E-state index in [1.807, 2.05) is 6.26 Å². The number of hydrogen-bond donors (Lipinski definition) is 2. The molecule has 0 saturated heterocycles. The smallest absolute Gasteiger partial charge is 0.269 e. The van der Waals surface area contributed by atoms with Crippen molar-refractivity contribution in [1.82, 2.24) is 15.3 Å². The predicted molar refractivity (Wildman–Crippen MR) is 74.3 cm³/mol. The van der Waals surface area contributed by atoms with Gasteiger partial charge in [0.1, 0.15) is 11.4 Å². The molecule has 0 fully saturated rings. The van der Waals surface area contributed by atoms with Crippen LogP contribution in [0.25, 0.3) is 11.3 Å². The summed E-state index contributed by atoms with van der Waals surface area (Å²) in [6.07, 6.45) is 5.02. The number of amides is 1. The standard InChI is InChI=1S/C13H13N3O2S/c1-14-13(18)9-7-8(3-5-15-9)11-12(17)10(19-2)4-6-16-11/h3-7,17H,1-2H3,(H,14,18). The van der Waals surface area contributed by atoms with E-state index in [0.717, 1.165) is 4.90 Å². The van der Waals surface area contributed by atoms with E-state index in [0.29, 0.717) is 11.3 Å². The fourth-order valence-corrected chi connectivity index (χ4v) is 2.13. The summed E-state index contributed by atoms with van der Waals surface area (Å²) in [6.45, 7) is 0. The number of thioether (sulfide) groups is 1. The van der Waals surface area contributed by atoms with Gasteiger partial charge < -0.3 is 10.4 Å². The van der Waals surface area contributed by atoms with Gasteiger partial charge in [0.05, 0.1) is 4.90 Å². The second kappa shape index (κ2) is 5.71. The number of carbonyl (C=O) groups is 1. The number of nitrogens with one attached hydrogen (secondary N) is 1. The quantitative estimate of drug-likeness (QED) is 0.837. The maximum Gasteiger partial charge on any atom is 0.269 e. The van der Waals surface area contributed by atoms with Gasteiger partial charge in [0.2, 0.25) is 0 Å². The summed E-state index contributed by atoms with van der Waals surface area (Å²) in [5.41, 5.74) is 1.39. The molecule has 2 aromatic heterocycles. The minimum absolute atomic E-state index is 0.115. The van der Waals surface area contributed by atoms with E-state index < -0.39 is 0 Å². The van der Waals surface area contributed by atoms with Crippen molar-refractivity contribution >= 4 is 17.7 Å². The van der Waals surface area contributed by atoms with Crippen molar-refractivity contribution in [3.8, 4) is 17.0 Å². The maximum atomic E-state index is 11.5. The molecule has 0 atom stereocenters. The fraction of sp³-hybridized carbons (Fsp3) is 0.154. The van der Waals surface area contributed by atoms with Crippen molar-refractivity contribution in [3.63, 3.8) is 0 Å². The van der Waals surface area contributed by atoms with Crippen molar-refractivity contribution in [3.05, 3.63) is 36.3 Å². The van der Waals surface area contributed by atoms with Crippen molar-refractivity contribution in [2.75, 3.05) is 13.3 Å². The molecule has 0 bridgehead atoms. The normalized spacial score (nSPS) is 10.2. The van der Waals surface area contributed by atoms with E-state index in [2.05, 4.69) is 15.3 Å². The zero-order valence-electron chi connectivity index (χ0n) is 10.5. The second-order valence-electron chi connectivity index (χ2n) is 3.72. The highest BCUT2D eigenvalue weighted by Gasteiger charge is 2.12. The van der Waals surface area contributed by atoms with Crippen molar-refractivity contribution in [2.45, 2.75) is 4.90 Å². The minimum atomic E-state index is -0.276. The van der Waals surface area contributed by atoms with Gasteiger partial charge in [-0.3, -0.25) is 14.8 Å². The van der Waals surface area contributed by atoms with Gasteiger partial charge >= 0.3 is 0 Å². The molecular weight excluding hydrogens is 262 g/mol. The predicted octanol–water partition coefficient (Wildman–Crippen LogP) is 1.93. The van der Waals surface area contributed by atoms with Gasteiger partial charge in [-0.25, -0.2) is 0 Å². The summed E-state index contributed by atoms with van der Waals surface area (Å²) in [5.74, 6) is -0.161. The Morgan fingerprint density at radius 3 is 2.74 bits per heavy atom. The van der Waals surface area contributed by atoms with E-state index in [1.54, 1.807) is 31.4 Å². The molecule has 0 radical (unpaired) electrons. The minimum Gasteiger partial charge on any atom is -0.505 e. The van der Waals surface area contributed by atoms with Crippen molar-refractivity contribution in [1.29, 1.82) is 0 Å². The monoisotopic (exact) mass is 275 g/mol. The van der Waals surface area contributed by atoms with Crippen LogP contribution in [0, 0.1) is 0 Å². The van der Waals surface area contributed by atoms with Crippen molar-refractivity contribution < 1.29 is 9.90 Å². The molecule has 0 aromatic carbocycles. The Balaban J connectivity index is 2.50. The highest BCUT2D eigenvalue weighted by atomic mass is 32.2.